The molecule has 8 heteroatoms. The molecule has 164 valence electrons. The molecule has 2 aromatic carbocycles. The third-order valence-electron chi connectivity index (χ3n) is 5.21. The normalized spacial score (nSPS) is 10.5. The van der Waals surface area contributed by atoms with Gasteiger partial charge < -0.3 is 14.6 Å². The number of rotatable bonds is 7. The lowest BCUT2D eigenvalue weighted by Crippen LogP contribution is -2.27. The SMILES string of the molecule is COc1ccc(CCn2c(O)c(C(=O)c3ccc(F)cc3)c(C)c(C#N)c2=O)cc1OC. The van der Waals surface area contributed by atoms with Crippen LogP contribution in [0.4, 0.5) is 4.39 Å². The van der Waals surface area contributed by atoms with Gasteiger partial charge in [0, 0.05) is 12.1 Å². The number of nitrogens with zero attached hydrogens (tertiary/aromatic N) is 2. The smallest absolute Gasteiger partial charge is 0.271 e. The monoisotopic (exact) mass is 436 g/mol. The number of ketones is 1. The van der Waals surface area contributed by atoms with Crippen LogP contribution in [0.1, 0.15) is 32.6 Å². The molecule has 7 nitrogen and oxygen atoms in total. The first-order valence-electron chi connectivity index (χ1n) is 9.70. The van der Waals surface area contributed by atoms with Crippen LogP contribution in [0.2, 0.25) is 0 Å². The van der Waals surface area contributed by atoms with Crippen LogP contribution in [-0.2, 0) is 13.0 Å². The highest BCUT2D eigenvalue weighted by Crippen LogP contribution is 2.29. The van der Waals surface area contributed by atoms with E-state index in [1.807, 2.05) is 6.07 Å². The van der Waals surface area contributed by atoms with Crippen molar-refractivity contribution in [1.82, 2.24) is 4.57 Å². The van der Waals surface area contributed by atoms with Gasteiger partial charge in [-0.3, -0.25) is 14.2 Å². The third-order valence-corrected chi connectivity index (χ3v) is 5.21. The Morgan fingerprint density at radius 2 is 1.78 bits per heavy atom. The molecule has 0 saturated heterocycles. The summed E-state index contributed by atoms with van der Waals surface area (Å²) in [4.78, 5) is 25.8. The molecule has 3 rings (SSSR count). The Bertz CT molecular complexity index is 1270. The van der Waals surface area contributed by atoms with E-state index in [0.717, 1.165) is 22.3 Å². The molecule has 0 unspecified atom stereocenters. The van der Waals surface area contributed by atoms with E-state index < -0.39 is 23.0 Å². The van der Waals surface area contributed by atoms with Crippen molar-refractivity contribution in [1.29, 1.82) is 5.26 Å². The number of methoxy groups -OCH3 is 2. The third kappa shape index (κ3) is 4.18. The summed E-state index contributed by atoms with van der Waals surface area (Å²) in [6.07, 6.45) is 0.311. The lowest BCUT2D eigenvalue weighted by atomic mass is 9.97. The molecule has 0 bridgehead atoms. The van der Waals surface area contributed by atoms with Crippen molar-refractivity contribution < 1.29 is 23.8 Å². The Labute approximate surface area is 183 Å². The molecule has 1 heterocycles. The number of halogens is 1. The molecule has 0 spiro atoms. The van der Waals surface area contributed by atoms with Gasteiger partial charge in [-0.15, -0.1) is 0 Å². The van der Waals surface area contributed by atoms with Gasteiger partial charge in [0.05, 0.1) is 19.8 Å². The van der Waals surface area contributed by atoms with Crippen molar-refractivity contribution in [3.05, 3.63) is 86.5 Å². The van der Waals surface area contributed by atoms with Crippen molar-refractivity contribution in [2.45, 2.75) is 19.9 Å². The summed E-state index contributed by atoms with van der Waals surface area (Å²) in [7, 11) is 3.02. The van der Waals surface area contributed by atoms with Crippen LogP contribution in [0, 0.1) is 24.1 Å². The van der Waals surface area contributed by atoms with E-state index in [4.69, 9.17) is 9.47 Å². The summed E-state index contributed by atoms with van der Waals surface area (Å²) in [6, 6.07) is 11.9. The number of aromatic hydroxyl groups is 1. The summed E-state index contributed by atoms with van der Waals surface area (Å²) in [5.41, 5.74) is -0.107. The minimum Gasteiger partial charge on any atom is -0.494 e. The number of nitriles is 1. The lowest BCUT2D eigenvalue weighted by Gasteiger charge is -2.16. The van der Waals surface area contributed by atoms with Crippen molar-refractivity contribution in [3.63, 3.8) is 0 Å². The fraction of sp³-hybridized carbons (Fsp3) is 0.208. The molecule has 0 amide bonds. The quantitative estimate of drug-likeness (QED) is 0.570. The molecule has 0 fully saturated rings. The van der Waals surface area contributed by atoms with Gasteiger partial charge >= 0.3 is 0 Å². The predicted octanol–water partition coefficient (Wildman–Crippen LogP) is 3.36. The van der Waals surface area contributed by atoms with E-state index in [1.54, 1.807) is 18.2 Å². The van der Waals surface area contributed by atoms with Gasteiger partial charge in [0.1, 0.15) is 17.4 Å². The molecular weight excluding hydrogens is 415 g/mol. The summed E-state index contributed by atoms with van der Waals surface area (Å²) in [6.45, 7) is 1.44. The second kappa shape index (κ2) is 9.35. The van der Waals surface area contributed by atoms with Gasteiger partial charge in [0.2, 0.25) is 5.88 Å². The van der Waals surface area contributed by atoms with E-state index in [0.29, 0.717) is 17.9 Å². The van der Waals surface area contributed by atoms with Crippen LogP contribution in [-0.4, -0.2) is 29.7 Å². The maximum atomic E-state index is 13.2. The Morgan fingerprint density at radius 3 is 2.38 bits per heavy atom. The van der Waals surface area contributed by atoms with Crippen LogP contribution in [0.25, 0.3) is 0 Å². The zero-order chi connectivity index (χ0) is 23.4. The number of ether oxygens (including phenoxy) is 2. The summed E-state index contributed by atoms with van der Waals surface area (Å²) >= 11 is 0. The average Bonchev–Trinajstić information content (AvgIpc) is 2.79. The van der Waals surface area contributed by atoms with E-state index in [1.165, 1.54) is 33.3 Å². The number of hydrogen-bond donors (Lipinski definition) is 1. The van der Waals surface area contributed by atoms with Gasteiger partial charge in [-0.05, 0) is 60.9 Å². The van der Waals surface area contributed by atoms with Crippen LogP contribution >= 0.6 is 0 Å². The van der Waals surface area contributed by atoms with Crippen molar-refractivity contribution in [2.75, 3.05) is 14.2 Å². The molecule has 0 atom stereocenters. The van der Waals surface area contributed by atoms with Gasteiger partial charge in [-0.1, -0.05) is 6.07 Å². The number of aryl methyl sites for hydroxylation is 1. The number of hydrogen-bond acceptors (Lipinski definition) is 6. The Morgan fingerprint density at radius 1 is 1.12 bits per heavy atom. The topological polar surface area (TPSA) is 102 Å². The minimum absolute atomic E-state index is 0.0127. The maximum absolute atomic E-state index is 13.2. The second-order valence-corrected chi connectivity index (χ2v) is 7.04. The van der Waals surface area contributed by atoms with Gasteiger partial charge in [-0.2, -0.15) is 5.26 Å². The van der Waals surface area contributed by atoms with Crippen molar-refractivity contribution in [2.24, 2.45) is 0 Å². The standard InChI is InChI=1S/C24H21FN2O5/c1-14-18(13-26)23(29)27(11-10-15-4-9-19(31-2)20(12-15)32-3)24(30)21(14)22(28)16-5-7-17(25)8-6-16/h4-9,12,30H,10-11H2,1-3H3. The largest absolute Gasteiger partial charge is 0.494 e. The number of aromatic nitrogens is 1. The second-order valence-electron chi connectivity index (χ2n) is 7.04. The zero-order valence-electron chi connectivity index (χ0n) is 17.8. The summed E-state index contributed by atoms with van der Waals surface area (Å²) < 4.78 is 24.7. The molecule has 0 aliphatic rings. The first-order chi connectivity index (χ1) is 15.3. The van der Waals surface area contributed by atoms with E-state index in [9.17, 15) is 24.3 Å². The molecule has 32 heavy (non-hydrogen) atoms. The fourth-order valence-electron chi connectivity index (χ4n) is 3.45. The van der Waals surface area contributed by atoms with Crippen LogP contribution in [0.15, 0.2) is 47.3 Å². The molecule has 3 aromatic rings. The fourth-order valence-corrected chi connectivity index (χ4v) is 3.45. The van der Waals surface area contributed by atoms with E-state index in [-0.39, 0.29) is 28.8 Å². The number of pyridine rings is 1. The maximum Gasteiger partial charge on any atom is 0.271 e. The highest BCUT2D eigenvalue weighted by atomic mass is 19.1. The van der Waals surface area contributed by atoms with Crippen molar-refractivity contribution >= 4 is 5.78 Å². The number of carbonyl (C=O) groups excluding carboxylic acids is 1. The van der Waals surface area contributed by atoms with E-state index >= 15 is 0 Å². The van der Waals surface area contributed by atoms with Gasteiger partial charge in [0.15, 0.2) is 17.3 Å². The first-order valence-corrected chi connectivity index (χ1v) is 9.70. The van der Waals surface area contributed by atoms with Gasteiger partial charge in [0.25, 0.3) is 5.56 Å². The number of benzene rings is 2. The number of carbonyl (C=O) groups is 1. The first kappa shape index (κ1) is 22.6. The Balaban J connectivity index is 2.04. The summed E-state index contributed by atoms with van der Waals surface area (Å²) in [5.74, 6) is -0.612. The highest BCUT2D eigenvalue weighted by molar-refractivity contribution is 6.11. The molecule has 0 aliphatic heterocycles. The Hall–Kier alpha value is -4.12. The molecule has 0 saturated carbocycles. The Kier molecular flexibility index (Phi) is 6.59. The summed E-state index contributed by atoms with van der Waals surface area (Å²) in [5, 5.41) is 20.3. The van der Waals surface area contributed by atoms with E-state index in [2.05, 4.69) is 0 Å². The van der Waals surface area contributed by atoms with Gasteiger partial charge in [-0.25, -0.2) is 4.39 Å². The average molecular weight is 436 g/mol. The van der Waals surface area contributed by atoms with Crippen LogP contribution in [0.3, 0.4) is 0 Å². The van der Waals surface area contributed by atoms with Crippen LogP contribution in [0.5, 0.6) is 17.4 Å². The highest BCUT2D eigenvalue weighted by Gasteiger charge is 2.25. The predicted molar refractivity (Wildman–Crippen MR) is 115 cm³/mol. The minimum atomic E-state index is -0.696. The lowest BCUT2D eigenvalue weighted by molar-refractivity contribution is 0.103. The van der Waals surface area contributed by atoms with Crippen molar-refractivity contribution in [3.8, 4) is 23.4 Å². The molecule has 0 aliphatic carbocycles. The zero-order valence-corrected chi connectivity index (χ0v) is 17.8. The molecule has 0 radical (unpaired) electrons. The molecule has 1 aromatic heterocycles. The molecular formula is C24H21FN2O5. The van der Waals surface area contributed by atoms with Crippen LogP contribution < -0.4 is 15.0 Å². The molecule has 1 N–H and O–H groups in total.